The van der Waals surface area contributed by atoms with E-state index in [0.717, 1.165) is 11.1 Å². The predicted octanol–water partition coefficient (Wildman–Crippen LogP) is 3.21. The highest BCUT2D eigenvalue weighted by Gasteiger charge is 2.02. The summed E-state index contributed by atoms with van der Waals surface area (Å²) >= 11 is 0. The summed E-state index contributed by atoms with van der Waals surface area (Å²) in [7, 11) is 0. The van der Waals surface area contributed by atoms with E-state index in [9.17, 15) is 4.79 Å². The first-order valence-corrected chi connectivity index (χ1v) is 5.62. The molecule has 0 radical (unpaired) electrons. The number of hydrogen-bond donors (Lipinski definition) is 1. The van der Waals surface area contributed by atoms with Crippen LogP contribution in [0, 0.1) is 11.3 Å². The first kappa shape index (κ1) is 11.9. The third-order valence-electron chi connectivity index (χ3n) is 2.49. The summed E-state index contributed by atoms with van der Waals surface area (Å²) in [6, 6.07) is 19.3. The Bertz CT molecular complexity index is 585. The highest BCUT2D eigenvalue weighted by molar-refractivity contribution is 5.92. The lowest BCUT2D eigenvalue weighted by molar-refractivity contribution is -0.115. The average Bonchev–Trinajstić information content (AvgIpc) is 2.40. The molecule has 2 aromatic rings. The monoisotopic (exact) mass is 236 g/mol. The third kappa shape index (κ3) is 2.96. The number of rotatable bonds is 3. The number of amides is 1. The van der Waals surface area contributed by atoms with E-state index in [1.165, 1.54) is 0 Å². The van der Waals surface area contributed by atoms with Crippen LogP contribution in [0.2, 0.25) is 0 Å². The minimum atomic E-state index is -0.289. The van der Waals surface area contributed by atoms with Crippen LogP contribution in [0.15, 0.2) is 54.6 Å². The Morgan fingerprint density at radius 3 is 2.50 bits per heavy atom. The van der Waals surface area contributed by atoms with Crippen molar-refractivity contribution in [3.63, 3.8) is 0 Å². The van der Waals surface area contributed by atoms with E-state index < -0.39 is 0 Å². The fraction of sp³-hybridized carbons (Fsp3) is 0.0667. The molecule has 1 amide bonds. The number of carbonyl (C=O) groups is 1. The second kappa shape index (κ2) is 5.65. The number of nitrogens with one attached hydrogen (secondary N) is 1. The zero-order chi connectivity index (χ0) is 12.8. The van der Waals surface area contributed by atoms with Crippen molar-refractivity contribution in [1.82, 2.24) is 0 Å². The summed E-state index contributed by atoms with van der Waals surface area (Å²) < 4.78 is 0. The fourth-order valence-electron chi connectivity index (χ4n) is 1.68. The SMILES string of the molecule is N#CCC(=O)Nc1cccc(-c2ccccc2)c1. The first-order valence-electron chi connectivity index (χ1n) is 5.62. The lowest BCUT2D eigenvalue weighted by atomic mass is 10.1. The molecule has 2 aromatic carbocycles. The van der Waals surface area contributed by atoms with Crippen LogP contribution < -0.4 is 5.32 Å². The summed E-state index contributed by atoms with van der Waals surface area (Å²) in [6.07, 6.45) is -0.129. The molecule has 0 heterocycles. The maximum atomic E-state index is 11.3. The van der Waals surface area contributed by atoms with Crippen molar-refractivity contribution < 1.29 is 4.79 Å². The summed E-state index contributed by atoms with van der Waals surface area (Å²) in [5.41, 5.74) is 2.83. The number of benzene rings is 2. The standard InChI is InChI=1S/C15H12N2O/c16-10-9-15(18)17-14-8-4-7-13(11-14)12-5-2-1-3-6-12/h1-8,11H,9H2,(H,17,18). The van der Waals surface area contributed by atoms with Gasteiger partial charge < -0.3 is 5.32 Å². The predicted molar refractivity (Wildman–Crippen MR) is 70.7 cm³/mol. The Labute approximate surface area is 106 Å². The van der Waals surface area contributed by atoms with Crippen LogP contribution in [0.4, 0.5) is 5.69 Å². The van der Waals surface area contributed by atoms with Gasteiger partial charge in [0.15, 0.2) is 0 Å². The van der Waals surface area contributed by atoms with E-state index in [1.54, 1.807) is 0 Å². The average molecular weight is 236 g/mol. The van der Waals surface area contributed by atoms with Crippen molar-refractivity contribution >= 4 is 11.6 Å². The lowest BCUT2D eigenvalue weighted by Gasteiger charge is -2.06. The zero-order valence-corrected chi connectivity index (χ0v) is 9.76. The molecule has 2 rings (SSSR count). The molecule has 0 fully saturated rings. The molecule has 0 saturated carbocycles. The van der Waals surface area contributed by atoms with Gasteiger partial charge in [0, 0.05) is 5.69 Å². The Morgan fingerprint density at radius 1 is 1.06 bits per heavy atom. The molecular formula is C15H12N2O. The fourth-order valence-corrected chi connectivity index (χ4v) is 1.68. The Hall–Kier alpha value is -2.60. The number of nitrogens with zero attached hydrogens (tertiary/aromatic N) is 1. The van der Waals surface area contributed by atoms with E-state index in [-0.39, 0.29) is 12.3 Å². The van der Waals surface area contributed by atoms with E-state index in [2.05, 4.69) is 5.32 Å². The first-order chi connectivity index (χ1) is 8.79. The minimum absolute atomic E-state index is 0.129. The van der Waals surface area contributed by atoms with Gasteiger partial charge in [0.1, 0.15) is 6.42 Å². The maximum Gasteiger partial charge on any atom is 0.238 e. The molecule has 3 heteroatoms. The zero-order valence-electron chi connectivity index (χ0n) is 9.76. The number of anilines is 1. The molecular weight excluding hydrogens is 224 g/mol. The molecule has 0 bridgehead atoms. The van der Waals surface area contributed by atoms with Crippen LogP contribution in [0.5, 0.6) is 0 Å². The topological polar surface area (TPSA) is 52.9 Å². The Balaban J connectivity index is 2.21. The lowest BCUT2D eigenvalue weighted by Crippen LogP contribution is -2.09. The van der Waals surface area contributed by atoms with Gasteiger partial charge in [-0.2, -0.15) is 5.26 Å². The van der Waals surface area contributed by atoms with E-state index in [1.807, 2.05) is 60.7 Å². The molecule has 18 heavy (non-hydrogen) atoms. The van der Waals surface area contributed by atoms with E-state index in [0.29, 0.717) is 5.69 Å². The highest BCUT2D eigenvalue weighted by atomic mass is 16.1. The summed E-state index contributed by atoms with van der Waals surface area (Å²) in [6.45, 7) is 0. The van der Waals surface area contributed by atoms with Crippen LogP contribution in [0.3, 0.4) is 0 Å². The van der Waals surface area contributed by atoms with Gasteiger partial charge in [-0.25, -0.2) is 0 Å². The maximum absolute atomic E-state index is 11.3. The third-order valence-corrected chi connectivity index (χ3v) is 2.49. The van der Waals surface area contributed by atoms with Gasteiger partial charge in [0.05, 0.1) is 6.07 Å². The molecule has 0 aliphatic heterocycles. The van der Waals surface area contributed by atoms with Crippen molar-refractivity contribution in [1.29, 1.82) is 5.26 Å². The summed E-state index contributed by atoms with van der Waals surface area (Å²) in [4.78, 5) is 11.3. The van der Waals surface area contributed by atoms with Gasteiger partial charge in [0.25, 0.3) is 0 Å². The van der Waals surface area contributed by atoms with Gasteiger partial charge in [-0.3, -0.25) is 4.79 Å². The molecule has 0 saturated heterocycles. The van der Waals surface area contributed by atoms with Gasteiger partial charge in [0.2, 0.25) is 5.91 Å². The molecule has 0 aromatic heterocycles. The van der Waals surface area contributed by atoms with Crippen LogP contribution in [-0.2, 0) is 4.79 Å². The van der Waals surface area contributed by atoms with Crippen LogP contribution >= 0.6 is 0 Å². The smallest absolute Gasteiger partial charge is 0.238 e. The molecule has 0 aliphatic rings. The second-order valence-corrected chi connectivity index (χ2v) is 3.83. The number of carbonyl (C=O) groups excluding carboxylic acids is 1. The normalized spacial score (nSPS) is 9.50. The molecule has 1 N–H and O–H groups in total. The van der Waals surface area contributed by atoms with E-state index in [4.69, 9.17) is 5.26 Å². The molecule has 0 atom stereocenters. The van der Waals surface area contributed by atoms with Crippen LogP contribution in [0.1, 0.15) is 6.42 Å². The van der Waals surface area contributed by atoms with Gasteiger partial charge in [-0.15, -0.1) is 0 Å². The van der Waals surface area contributed by atoms with Gasteiger partial charge in [-0.1, -0.05) is 42.5 Å². The molecule has 3 nitrogen and oxygen atoms in total. The molecule has 0 unspecified atom stereocenters. The Kier molecular flexibility index (Phi) is 3.72. The number of nitriles is 1. The highest BCUT2D eigenvalue weighted by Crippen LogP contribution is 2.22. The van der Waals surface area contributed by atoms with E-state index >= 15 is 0 Å². The Morgan fingerprint density at radius 2 is 1.78 bits per heavy atom. The van der Waals surface area contributed by atoms with Gasteiger partial charge >= 0.3 is 0 Å². The molecule has 0 aliphatic carbocycles. The van der Waals surface area contributed by atoms with Crippen molar-refractivity contribution in [2.24, 2.45) is 0 Å². The van der Waals surface area contributed by atoms with Crippen molar-refractivity contribution in [3.8, 4) is 17.2 Å². The quantitative estimate of drug-likeness (QED) is 0.889. The van der Waals surface area contributed by atoms with Crippen LogP contribution in [0.25, 0.3) is 11.1 Å². The minimum Gasteiger partial charge on any atom is -0.325 e. The van der Waals surface area contributed by atoms with Crippen molar-refractivity contribution in [3.05, 3.63) is 54.6 Å². The van der Waals surface area contributed by atoms with Crippen molar-refractivity contribution in [2.45, 2.75) is 6.42 Å². The molecule has 88 valence electrons. The van der Waals surface area contributed by atoms with Crippen LogP contribution in [-0.4, -0.2) is 5.91 Å². The molecule has 0 spiro atoms. The summed E-state index contributed by atoms with van der Waals surface area (Å²) in [5.74, 6) is -0.289. The van der Waals surface area contributed by atoms with Gasteiger partial charge in [-0.05, 0) is 23.3 Å². The number of hydrogen-bond acceptors (Lipinski definition) is 2. The summed E-state index contributed by atoms with van der Waals surface area (Å²) in [5, 5.41) is 11.1. The second-order valence-electron chi connectivity index (χ2n) is 3.83. The largest absolute Gasteiger partial charge is 0.325 e. The van der Waals surface area contributed by atoms with Crippen molar-refractivity contribution in [2.75, 3.05) is 5.32 Å².